The summed E-state index contributed by atoms with van der Waals surface area (Å²) >= 11 is 0. The van der Waals surface area contributed by atoms with Gasteiger partial charge in [-0.2, -0.15) is 0 Å². The van der Waals surface area contributed by atoms with Gasteiger partial charge in [0.1, 0.15) is 11.4 Å². The molecule has 7 heteroatoms. The third-order valence-electron chi connectivity index (χ3n) is 4.19. The van der Waals surface area contributed by atoms with Gasteiger partial charge in [-0.25, -0.2) is 0 Å². The summed E-state index contributed by atoms with van der Waals surface area (Å²) in [5.41, 5.74) is 6.61. The predicted octanol–water partition coefficient (Wildman–Crippen LogP) is 4.17. The van der Waals surface area contributed by atoms with Crippen molar-refractivity contribution in [1.82, 2.24) is 4.98 Å². The number of nitrogens with two attached hydrogens (primary N) is 1. The Morgan fingerprint density at radius 2 is 1.96 bits per heavy atom. The minimum Gasteiger partial charge on any atom is -0.455 e. The maximum Gasteiger partial charge on any atom is 0.224 e. The van der Waals surface area contributed by atoms with Crippen LogP contribution in [0.4, 0.5) is 5.69 Å². The van der Waals surface area contributed by atoms with Crippen molar-refractivity contribution in [3.63, 3.8) is 0 Å². The Morgan fingerprint density at radius 1 is 1.20 bits per heavy atom. The van der Waals surface area contributed by atoms with Crippen molar-refractivity contribution in [2.24, 2.45) is 11.7 Å². The molecular formula is C18H23Cl2N3O2. The molecular weight excluding hydrogens is 361 g/mol. The number of amides is 1. The second-order valence-corrected chi connectivity index (χ2v) is 5.89. The molecule has 1 aromatic heterocycles. The first-order valence-electron chi connectivity index (χ1n) is 7.95. The number of benzene rings is 1. The van der Waals surface area contributed by atoms with Crippen LogP contribution in [0.5, 0.6) is 11.5 Å². The first kappa shape index (κ1) is 21.2. The molecule has 5 nitrogen and oxygen atoms in total. The SMILES string of the molecule is Cl.Cl.N[C@@H]1CCC[C@H]1CC(=O)Nc1cnccc1Oc1ccccc1. The van der Waals surface area contributed by atoms with E-state index in [1.165, 1.54) is 0 Å². The number of hydrogen-bond donors (Lipinski definition) is 2. The third kappa shape index (κ3) is 5.88. The molecule has 1 aromatic carbocycles. The fourth-order valence-electron chi connectivity index (χ4n) is 2.94. The van der Waals surface area contributed by atoms with Crippen molar-refractivity contribution in [2.45, 2.75) is 31.7 Å². The minimum absolute atomic E-state index is 0. The highest BCUT2D eigenvalue weighted by molar-refractivity contribution is 5.92. The normalized spacial score (nSPS) is 18.6. The Balaban J connectivity index is 0.00000156. The molecule has 2 aromatic rings. The highest BCUT2D eigenvalue weighted by Crippen LogP contribution is 2.30. The van der Waals surface area contributed by atoms with Gasteiger partial charge in [-0.3, -0.25) is 9.78 Å². The molecule has 0 bridgehead atoms. The second kappa shape index (κ2) is 10.2. The molecule has 0 saturated heterocycles. The highest BCUT2D eigenvalue weighted by atomic mass is 35.5. The fraction of sp³-hybridized carbons (Fsp3) is 0.333. The number of nitrogens with one attached hydrogen (secondary N) is 1. The van der Waals surface area contributed by atoms with Crippen LogP contribution in [-0.2, 0) is 4.79 Å². The molecule has 25 heavy (non-hydrogen) atoms. The molecule has 1 fully saturated rings. The number of halogens is 2. The molecule has 2 atom stereocenters. The van der Waals surface area contributed by atoms with E-state index in [1.807, 2.05) is 30.3 Å². The Kier molecular flexibility index (Phi) is 8.69. The van der Waals surface area contributed by atoms with Crippen LogP contribution in [0.15, 0.2) is 48.8 Å². The average molecular weight is 384 g/mol. The molecule has 1 saturated carbocycles. The van der Waals surface area contributed by atoms with Crippen molar-refractivity contribution in [1.29, 1.82) is 0 Å². The lowest BCUT2D eigenvalue weighted by molar-refractivity contribution is -0.117. The summed E-state index contributed by atoms with van der Waals surface area (Å²) in [6.45, 7) is 0. The molecule has 0 aliphatic heterocycles. The zero-order valence-corrected chi connectivity index (χ0v) is 15.4. The van der Waals surface area contributed by atoms with E-state index in [2.05, 4.69) is 10.3 Å². The molecule has 3 N–H and O–H groups in total. The third-order valence-corrected chi connectivity index (χ3v) is 4.19. The molecule has 1 aliphatic carbocycles. The van der Waals surface area contributed by atoms with E-state index in [1.54, 1.807) is 18.5 Å². The molecule has 0 unspecified atom stereocenters. The number of anilines is 1. The summed E-state index contributed by atoms with van der Waals surface area (Å²) < 4.78 is 5.82. The van der Waals surface area contributed by atoms with Gasteiger partial charge >= 0.3 is 0 Å². The van der Waals surface area contributed by atoms with E-state index >= 15 is 0 Å². The quantitative estimate of drug-likeness (QED) is 0.811. The van der Waals surface area contributed by atoms with Gasteiger partial charge in [0.2, 0.25) is 5.91 Å². The van der Waals surface area contributed by atoms with Crippen LogP contribution < -0.4 is 15.8 Å². The Bertz CT molecular complexity index is 670. The number of rotatable bonds is 5. The van der Waals surface area contributed by atoms with Crippen molar-refractivity contribution in [2.75, 3.05) is 5.32 Å². The van der Waals surface area contributed by atoms with Gasteiger partial charge in [-0.15, -0.1) is 24.8 Å². The van der Waals surface area contributed by atoms with Crippen molar-refractivity contribution >= 4 is 36.4 Å². The van der Waals surface area contributed by atoms with Gasteiger partial charge in [0.05, 0.1) is 6.20 Å². The van der Waals surface area contributed by atoms with Crippen LogP contribution in [0, 0.1) is 5.92 Å². The molecule has 0 radical (unpaired) electrons. The summed E-state index contributed by atoms with van der Waals surface area (Å²) in [5.74, 6) is 1.52. The first-order valence-corrected chi connectivity index (χ1v) is 7.95. The average Bonchev–Trinajstić information content (AvgIpc) is 2.95. The summed E-state index contributed by atoms with van der Waals surface area (Å²) in [7, 11) is 0. The van der Waals surface area contributed by atoms with E-state index in [0.717, 1.165) is 19.3 Å². The number of hydrogen-bond acceptors (Lipinski definition) is 4. The van der Waals surface area contributed by atoms with Crippen LogP contribution in [0.3, 0.4) is 0 Å². The van der Waals surface area contributed by atoms with E-state index in [0.29, 0.717) is 23.6 Å². The number of pyridine rings is 1. The predicted molar refractivity (Wildman–Crippen MR) is 104 cm³/mol. The number of carbonyl (C=O) groups excluding carboxylic acids is 1. The zero-order chi connectivity index (χ0) is 16.1. The lowest BCUT2D eigenvalue weighted by Crippen LogP contribution is -2.28. The Morgan fingerprint density at radius 3 is 2.64 bits per heavy atom. The van der Waals surface area contributed by atoms with Gasteiger partial charge in [0.25, 0.3) is 0 Å². The van der Waals surface area contributed by atoms with Crippen molar-refractivity contribution in [3.8, 4) is 11.5 Å². The molecule has 1 aliphatic rings. The number of carbonyl (C=O) groups is 1. The van der Waals surface area contributed by atoms with Gasteiger partial charge in [-0.1, -0.05) is 24.6 Å². The van der Waals surface area contributed by atoms with Gasteiger partial charge in [0, 0.05) is 24.7 Å². The Labute approximate surface area is 160 Å². The first-order chi connectivity index (χ1) is 11.2. The summed E-state index contributed by atoms with van der Waals surface area (Å²) in [6, 6.07) is 11.3. The molecule has 0 spiro atoms. The maximum atomic E-state index is 12.3. The lowest BCUT2D eigenvalue weighted by atomic mass is 10.00. The number of aromatic nitrogens is 1. The van der Waals surface area contributed by atoms with Gasteiger partial charge in [0.15, 0.2) is 5.75 Å². The number of ether oxygens (including phenoxy) is 1. The summed E-state index contributed by atoms with van der Waals surface area (Å²) in [5, 5.41) is 2.90. The number of para-hydroxylation sites is 1. The number of nitrogens with zero attached hydrogens (tertiary/aromatic N) is 1. The zero-order valence-electron chi connectivity index (χ0n) is 13.8. The van der Waals surface area contributed by atoms with Crippen LogP contribution in [-0.4, -0.2) is 16.9 Å². The fourth-order valence-corrected chi connectivity index (χ4v) is 2.94. The minimum atomic E-state index is -0.0433. The van der Waals surface area contributed by atoms with E-state index in [-0.39, 0.29) is 42.7 Å². The molecule has 136 valence electrons. The smallest absolute Gasteiger partial charge is 0.224 e. The van der Waals surface area contributed by atoms with E-state index in [9.17, 15) is 4.79 Å². The topological polar surface area (TPSA) is 77.2 Å². The van der Waals surface area contributed by atoms with Gasteiger partial charge < -0.3 is 15.8 Å². The maximum absolute atomic E-state index is 12.3. The van der Waals surface area contributed by atoms with Crippen LogP contribution in [0.1, 0.15) is 25.7 Å². The molecule has 1 heterocycles. The standard InChI is InChI=1S/C18H21N3O2.2ClH/c19-15-8-4-5-13(15)11-18(22)21-16-12-20-10-9-17(16)23-14-6-2-1-3-7-14;;/h1-3,6-7,9-10,12-13,15H,4-5,8,11,19H2,(H,21,22);2*1H/t13-,15+;;/m0../s1. The summed E-state index contributed by atoms with van der Waals surface area (Å²) in [4.78, 5) is 16.3. The van der Waals surface area contributed by atoms with E-state index < -0.39 is 0 Å². The monoisotopic (exact) mass is 383 g/mol. The second-order valence-electron chi connectivity index (χ2n) is 5.89. The van der Waals surface area contributed by atoms with Crippen LogP contribution >= 0.6 is 24.8 Å². The van der Waals surface area contributed by atoms with Crippen LogP contribution in [0.2, 0.25) is 0 Å². The van der Waals surface area contributed by atoms with Gasteiger partial charge in [-0.05, 0) is 30.9 Å². The lowest BCUT2D eigenvalue weighted by Gasteiger charge is -2.16. The highest BCUT2D eigenvalue weighted by Gasteiger charge is 2.26. The van der Waals surface area contributed by atoms with E-state index in [4.69, 9.17) is 10.5 Å². The van der Waals surface area contributed by atoms with Crippen molar-refractivity contribution in [3.05, 3.63) is 48.8 Å². The van der Waals surface area contributed by atoms with Crippen LogP contribution in [0.25, 0.3) is 0 Å². The van der Waals surface area contributed by atoms with Crippen molar-refractivity contribution < 1.29 is 9.53 Å². The largest absolute Gasteiger partial charge is 0.455 e. The summed E-state index contributed by atoms with van der Waals surface area (Å²) in [6.07, 6.45) is 6.82. The Hall–Kier alpha value is -1.82. The molecule has 3 rings (SSSR count). The molecule has 1 amide bonds.